The van der Waals surface area contributed by atoms with Gasteiger partial charge in [-0.15, -0.1) is 0 Å². The Morgan fingerprint density at radius 2 is 2.14 bits per heavy atom. The van der Waals surface area contributed by atoms with Gasteiger partial charge in [0.1, 0.15) is 4.99 Å². The van der Waals surface area contributed by atoms with Crippen LogP contribution in [0.2, 0.25) is 0 Å². The molecule has 106 valence electrons. The maximum Gasteiger partial charge on any atom is 0.107 e. The Morgan fingerprint density at radius 3 is 2.86 bits per heavy atom. The lowest BCUT2D eigenvalue weighted by atomic mass is 10.1. The molecule has 3 rings (SSSR count). The molecular formula is C16H15N3S2. The predicted octanol–water partition coefficient (Wildman–Crippen LogP) is 4.10. The quantitative estimate of drug-likeness (QED) is 0.712. The van der Waals surface area contributed by atoms with E-state index in [0.717, 1.165) is 22.2 Å². The number of pyridine rings is 1. The molecular weight excluding hydrogens is 298 g/mol. The van der Waals surface area contributed by atoms with E-state index in [9.17, 15) is 0 Å². The maximum atomic E-state index is 5.85. The number of thiocarbonyl (C=S) groups is 1. The fourth-order valence-corrected chi connectivity index (χ4v) is 3.21. The summed E-state index contributed by atoms with van der Waals surface area (Å²) in [5.74, 6) is 0. The topological polar surface area (TPSA) is 50.9 Å². The Balaban J connectivity index is 2.10. The zero-order valence-electron chi connectivity index (χ0n) is 11.5. The molecule has 0 amide bonds. The Kier molecular flexibility index (Phi) is 3.86. The summed E-state index contributed by atoms with van der Waals surface area (Å²) < 4.78 is 0. The first-order valence-electron chi connectivity index (χ1n) is 6.63. The standard InChI is InChI=1S/C16H15N3S2/c1-10(11-6-7-21-9-11)19-15-12-4-2-3-5-14(12)18-8-13(15)16(17)20/h2-10H,1H3,(H2,17,20)(H,18,19). The maximum absolute atomic E-state index is 5.85. The van der Waals surface area contributed by atoms with Crippen LogP contribution in [-0.4, -0.2) is 9.97 Å². The molecule has 2 aromatic heterocycles. The first-order chi connectivity index (χ1) is 10.2. The zero-order valence-corrected chi connectivity index (χ0v) is 13.2. The average molecular weight is 313 g/mol. The molecule has 1 aromatic carbocycles. The van der Waals surface area contributed by atoms with Gasteiger partial charge in [-0.25, -0.2) is 0 Å². The number of nitrogens with two attached hydrogens (primary N) is 1. The second kappa shape index (κ2) is 5.79. The summed E-state index contributed by atoms with van der Waals surface area (Å²) in [6, 6.07) is 10.3. The monoisotopic (exact) mass is 313 g/mol. The van der Waals surface area contributed by atoms with Crippen LogP contribution in [0, 0.1) is 0 Å². The minimum atomic E-state index is 0.176. The van der Waals surface area contributed by atoms with Gasteiger partial charge in [0.2, 0.25) is 0 Å². The van der Waals surface area contributed by atoms with Crippen molar-refractivity contribution in [3.8, 4) is 0 Å². The molecule has 21 heavy (non-hydrogen) atoms. The lowest BCUT2D eigenvalue weighted by Gasteiger charge is -2.19. The van der Waals surface area contributed by atoms with Crippen LogP contribution >= 0.6 is 23.6 Å². The number of fused-ring (bicyclic) bond motifs is 1. The van der Waals surface area contributed by atoms with Gasteiger partial charge in [0.05, 0.1) is 16.8 Å². The van der Waals surface area contributed by atoms with Gasteiger partial charge in [0.25, 0.3) is 0 Å². The van der Waals surface area contributed by atoms with E-state index in [0.29, 0.717) is 4.99 Å². The normalized spacial score (nSPS) is 12.2. The number of hydrogen-bond acceptors (Lipinski definition) is 4. The lowest BCUT2D eigenvalue weighted by molar-refractivity contribution is 0.892. The molecule has 0 aliphatic heterocycles. The van der Waals surface area contributed by atoms with E-state index in [-0.39, 0.29) is 6.04 Å². The van der Waals surface area contributed by atoms with Crippen LogP contribution in [0.5, 0.6) is 0 Å². The Labute approximate surface area is 132 Å². The Hall–Kier alpha value is -1.98. The summed E-state index contributed by atoms with van der Waals surface area (Å²) in [6.45, 7) is 2.13. The number of aromatic nitrogens is 1. The number of anilines is 1. The Bertz CT molecular complexity index is 781. The number of rotatable bonds is 4. The molecule has 0 aliphatic carbocycles. The van der Waals surface area contributed by atoms with Crippen molar-refractivity contribution >= 4 is 45.1 Å². The molecule has 5 heteroatoms. The highest BCUT2D eigenvalue weighted by Gasteiger charge is 2.14. The third kappa shape index (κ3) is 2.75. The van der Waals surface area contributed by atoms with Gasteiger partial charge in [0.15, 0.2) is 0 Å². The minimum Gasteiger partial charge on any atom is -0.389 e. The highest BCUT2D eigenvalue weighted by Crippen LogP contribution is 2.30. The smallest absolute Gasteiger partial charge is 0.107 e. The first-order valence-corrected chi connectivity index (χ1v) is 7.98. The van der Waals surface area contributed by atoms with Crippen LogP contribution in [0.1, 0.15) is 24.1 Å². The van der Waals surface area contributed by atoms with Crippen molar-refractivity contribution in [1.82, 2.24) is 4.98 Å². The minimum absolute atomic E-state index is 0.176. The molecule has 0 saturated heterocycles. The van der Waals surface area contributed by atoms with Gasteiger partial charge in [-0.05, 0) is 35.4 Å². The summed E-state index contributed by atoms with van der Waals surface area (Å²) >= 11 is 6.85. The van der Waals surface area contributed by atoms with E-state index in [1.807, 2.05) is 24.3 Å². The molecule has 1 atom stereocenters. The van der Waals surface area contributed by atoms with Crippen LogP contribution < -0.4 is 11.1 Å². The van der Waals surface area contributed by atoms with E-state index in [4.69, 9.17) is 18.0 Å². The van der Waals surface area contributed by atoms with Gasteiger partial charge in [-0.2, -0.15) is 11.3 Å². The summed E-state index contributed by atoms with van der Waals surface area (Å²) in [5, 5.41) is 8.79. The highest BCUT2D eigenvalue weighted by atomic mass is 32.1. The van der Waals surface area contributed by atoms with Crippen molar-refractivity contribution in [2.45, 2.75) is 13.0 Å². The second-order valence-electron chi connectivity index (χ2n) is 4.85. The average Bonchev–Trinajstić information content (AvgIpc) is 3.01. The molecule has 0 aliphatic rings. The van der Waals surface area contributed by atoms with E-state index in [2.05, 4.69) is 34.1 Å². The van der Waals surface area contributed by atoms with Crippen molar-refractivity contribution in [1.29, 1.82) is 0 Å². The van der Waals surface area contributed by atoms with Crippen molar-refractivity contribution in [2.24, 2.45) is 5.73 Å². The van der Waals surface area contributed by atoms with Crippen molar-refractivity contribution in [3.63, 3.8) is 0 Å². The number of nitrogens with one attached hydrogen (secondary N) is 1. The summed E-state index contributed by atoms with van der Waals surface area (Å²) in [6.07, 6.45) is 1.74. The van der Waals surface area contributed by atoms with Gasteiger partial charge < -0.3 is 11.1 Å². The van der Waals surface area contributed by atoms with Crippen LogP contribution in [0.25, 0.3) is 10.9 Å². The van der Waals surface area contributed by atoms with Gasteiger partial charge in [0, 0.05) is 17.6 Å². The van der Waals surface area contributed by atoms with E-state index in [1.54, 1.807) is 17.5 Å². The Morgan fingerprint density at radius 1 is 1.33 bits per heavy atom. The third-order valence-corrected chi connectivity index (χ3v) is 4.37. The van der Waals surface area contributed by atoms with Gasteiger partial charge in [-0.3, -0.25) is 4.98 Å². The molecule has 2 heterocycles. The summed E-state index contributed by atoms with van der Waals surface area (Å²) in [5.41, 5.74) is 9.76. The van der Waals surface area contributed by atoms with Gasteiger partial charge in [-0.1, -0.05) is 30.4 Å². The lowest BCUT2D eigenvalue weighted by Crippen LogP contribution is -2.15. The molecule has 0 radical (unpaired) electrons. The molecule has 1 unspecified atom stereocenters. The molecule has 0 spiro atoms. The predicted molar refractivity (Wildman–Crippen MR) is 94.0 cm³/mol. The first kappa shape index (κ1) is 14.0. The van der Waals surface area contributed by atoms with E-state index < -0.39 is 0 Å². The number of para-hydroxylation sites is 1. The second-order valence-corrected chi connectivity index (χ2v) is 6.07. The summed E-state index contributed by atoms with van der Waals surface area (Å²) in [7, 11) is 0. The largest absolute Gasteiger partial charge is 0.389 e. The summed E-state index contributed by atoms with van der Waals surface area (Å²) in [4.78, 5) is 4.78. The number of thiophene rings is 1. The zero-order chi connectivity index (χ0) is 14.8. The number of benzene rings is 1. The van der Waals surface area contributed by atoms with Gasteiger partial charge >= 0.3 is 0 Å². The van der Waals surface area contributed by atoms with Crippen LogP contribution in [0.15, 0.2) is 47.3 Å². The number of nitrogens with zero attached hydrogens (tertiary/aromatic N) is 1. The number of hydrogen-bond donors (Lipinski definition) is 2. The van der Waals surface area contributed by atoms with Crippen molar-refractivity contribution in [2.75, 3.05) is 5.32 Å². The third-order valence-electron chi connectivity index (χ3n) is 3.44. The van der Waals surface area contributed by atoms with Crippen LogP contribution in [0.3, 0.4) is 0 Å². The van der Waals surface area contributed by atoms with E-state index >= 15 is 0 Å². The fraction of sp³-hybridized carbons (Fsp3) is 0.125. The highest BCUT2D eigenvalue weighted by molar-refractivity contribution is 7.80. The SMILES string of the molecule is CC(Nc1c(C(N)=S)cnc2ccccc12)c1ccsc1. The van der Waals surface area contributed by atoms with E-state index in [1.165, 1.54) is 5.56 Å². The molecule has 3 nitrogen and oxygen atoms in total. The molecule has 3 aromatic rings. The fourth-order valence-electron chi connectivity index (χ4n) is 2.30. The molecule has 0 saturated carbocycles. The molecule has 0 fully saturated rings. The van der Waals surface area contributed by atoms with Crippen LogP contribution in [0.4, 0.5) is 5.69 Å². The van der Waals surface area contributed by atoms with Crippen LogP contribution in [-0.2, 0) is 0 Å². The molecule has 0 bridgehead atoms. The molecule has 3 N–H and O–H groups in total. The van der Waals surface area contributed by atoms with Crippen molar-refractivity contribution in [3.05, 3.63) is 58.4 Å². The van der Waals surface area contributed by atoms with Crippen molar-refractivity contribution < 1.29 is 0 Å².